The lowest BCUT2D eigenvalue weighted by atomic mass is 9.98. The number of aliphatic hydroxyl groups excluding tert-OH is 8. The van der Waals surface area contributed by atoms with Crippen LogP contribution >= 0.6 is 0 Å². The number of benzene rings is 2. The second-order valence-electron chi connectivity index (χ2n) is 12.8. The van der Waals surface area contributed by atoms with Crippen LogP contribution < -0.4 is 14.9 Å². The molecule has 3 aromatic rings. The molecular weight excluding hydrogens is 704 g/mol. The van der Waals surface area contributed by atoms with Crippen molar-refractivity contribution < 1.29 is 94.1 Å². The lowest BCUT2D eigenvalue weighted by molar-refractivity contribution is -0.318. The average Bonchev–Trinajstić information content (AvgIpc) is 3.39. The van der Waals surface area contributed by atoms with Gasteiger partial charge in [-0.15, -0.1) is 0 Å². The fourth-order valence-corrected chi connectivity index (χ4v) is 5.94. The summed E-state index contributed by atoms with van der Waals surface area (Å²) in [5, 5.41) is 123. The number of aromatic hydroxyl groups is 3. The molecule has 0 saturated carbocycles. The monoisotopic (exact) mass is 742 g/mol. The van der Waals surface area contributed by atoms with Gasteiger partial charge in [-0.1, -0.05) is 0 Å². The Balaban J connectivity index is 1.34. The van der Waals surface area contributed by atoms with Crippen molar-refractivity contribution in [1.29, 1.82) is 0 Å². The van der Waals surface area contributed by atoms with E-state index in [1.54, 1.807) is 0 Å². The summed E-state index contributed by atoms with van der Waals surface area (Å²) in [7, 11) is 0. The Morgan fingerprint density at radius 2 is 1.50 bits per heavy atom. The summed E-state index contributed by atoms with van der Waals surface area (Å²) in [5.74, 6) is -3.38. The van der Waals surface area contributed by atoms with Crippen LogP contribution in [0.2, 0.25) is 0 Å². The van der Waals surface area contributed by atoms with Gasteiger partial charge in [-0.3, -0.25) is 4.79 Å². The minimum Gasteiger partial charge on any atom is -0.508 e. The molecule has 12 N–H and O–H groups in total. The summed E-state index contributed by atoms with van der Waals surface area (Å²) in [6.45, 7) is -0.640. The highest BCUT2D eigenvalue weighted by molar-refractivity contribution is 5.88. The first-order valence-corrected chi connectivity index (χ1v) is 15.9. The van der Waals surface area contributed by atoms with Crippen LogP contribution in [0.15, 0.2) is 39.5 Å². The molecule has 0 radical (unpaired) electrons. The molecule has 4 heterocycles. The Kier molecular flexibility index (Phi) is 10.6. The third kappa shape index (κ3) is 6.85. The number of fused-ring (bicyclic) bond motifs is 1. The first-order valence-electron chi connectivity index (χ1n) is 15.9. The fraction of sp³-hybridized carbons (Fsp3) is 0.531. The number of phenols is 3. The van der Waals surface area contributed by atoms with Crippen molar-refractivity contribution in [2.24, 2.45) is 0 Å². The molecule has 2 aromatic carbocycles. The molecule has 0 aliphatic carbocycles. The van der Waals surface area contributed by atoms with Gasteiger partial charge in [-0.25, -0.2) is 0 Å². The van der Waals surface area contributed by atoms with Crippen LogP contribution in [0.5, 0.6) is 28.7 Å². The number of hydrogen-bond acceptors (Lipinski definition) is 20. The Bertz CT molecular complexity index is 1820. The standard InChI is InChI=1S/C32H38O20/c1-10-19(37)22(40)24(42)29(48-10)46-7-17-20(38)23(41)25(43)30(51-17)52-27-21(39)18-14(36)5-12(34)6-16(18)49-26(27)11-2-3-13(35)15(4-11)50-31-28(44)32(45,8-33)9-47-31/h2-6,10,17,19-20,22-25,28-31,33-38,40-45H,7-9H2,1H3/t10-,17+,19-,20+,22+,23-,24+,25+,28-,29+,30-,31-,32+/m0/s1. The minimum atomic E-state index is -2.07. The van der Waals surface area contributed by atoms with E-state index in [1.807, 2.05) is 0 Å². The van der Waals surface area contributed by atoms with E-state index in [2.05, 4.69) is 0 Å². The molecule has 0 bridgehead atoms. The van der Waals surface area contributed by atoms with Crippen molar-refractivity contribution in [1.82, 2.24) is 0 Å². The molecule has 1 aromatic heterocycles. The fourth-order valence-electron chi connectivity index (χ4n) is 5.94. The van der Waals surface area contributed by atoms with Crippen molar-refractivity contribution in [2.75, 3.05) is 19.8 Å². The van der Waals surface area contributed by atoms with Gasteiger partial charge in [-0.2, -0.15) is 0 Å². The van der Waals surface area contributed by atoms with E-state index in [1.165, 1.54) is 13.0 Å². The Labute approximate surface area is 292 Å². The molecule has 0 amide bonds. The van der Waals surface area contributed by atoms with Crippen molar-refractivity contribution >= 4 is 11.0 Å². The van der Waals surface area contributed by atoms with Gasteiger partial charge in [0.25, 0.3) is 0 Å². The molecule has 20 heteroatoms. The first kappa shape index (κ1) is 37.9. The highest BCUT2D eigenvalue weighted by Gasteiger charge is 2.50. The van der Waals surface area contributed by atoms with E-state index in [-0.39, 0.29) is 16.9 Å². The number of phenolic OH excluding ortho intramolecular Hbond substituents is 3. The van der Waals surface area contributed by atoms with Crippen LogP contribution in [0.3, 0.4) is 0 Å². The molecule has 13 atom stereocenters. The first-order chi connectivity index (χ1) is 24.5. The highest BCUT2D eigenvalue weighted by Crippen LogP contribution is 2.41. The molecule has 52 heavy (non-hydrogen) atoms. The Morgan fingerprint density at radius 3 is 2.19 bits per heavy atom. The Hall–Kier alpha value is -3.87. The maximum absolute atomic E-state index is 13.9. The zero-order valence-electron chi connectivity index (χ0n) is 27.1. The van der Waals surface area contributed by atoms with Gasteiger partial charge < -0.3 is 94.1 Å². The van der Waals surface area contributed by atoms with Crippen LogP contribution in [0.25, 0.3) is 22.3 Å². The van der Waals surface area contributed by atoms with Crippen LogP contribution in [0.1, 0.15) is 6.92 Å². The third-order valence-electron chi connectivity index (χ3n) is 9.10. The SMILES string of the molecule is C[C@@H]1O[C@@H](OC[C@H]2O[C@@H](Oc3c(-c4ccc(O)c(O[C@@H]5OC[C@](O)(CO)[C@H]5O)c4)oc4cc(O)cc(O)c4c3=O)[C@H](O)[C@@H](O)[C@@H]2O)[C@H](O)[C@H](O)[C@H]1O. The van der Waals surface area contributed by atoms with Crippen molar-refractivity contribution in [3.05, 3.63) is 40.6 Å². The summed E-state index contributed by atoms with van der Waals surface area (Å²) in [6, 6.07) is 5.23. The van der Waals surface area contributed by atoms with E-state index >= 15 is 0 Å². The van der Waals surface area contributed by atoms with E-state index in [4.69, 9.17) is 32.8 Å². The minimum absolute atomic E-state index is 0.0985. The van der Waals surface area contributed by atoms with Crippen LogP contribution in [-0.4, -0.2) is 161 Å². The van der Waals surface area contributed by atoms with Crippen LogP contribution in [0, 0.1) is 0 Å². The van der Waals surface area contributed by atoms with E-state index < -0.39 is 139 Å². The molecule has 0 spiro atoms. The van der Waals surface area contributed by atoms with Crippen molar-refractivity contribution in [2.45, 2.75) is 86.3 Å². The lowest BCUT2D eigenvalue weighted by Gasteiger charge is -2.42. The summed E-state index contributed by atoms with van der Waals surface area (Å²) in [4.78, 5) is 13.9. The van der Waals surface area contributed by atoms with Gasteiger partial charge in [0.05, 0.1) is 25.9 Å². The maximum atomic E-state index is 13.9. The second kappa shape index (κ2) is 14.5. The molecular formula is C32H38O20. The van der Waals surface area contributed by atoms with Gasteiger partial charge >= 0.3 is 0 Å². The molecule has 20 nitrogen and oxygen atoms in total. The highest BCUT2D eigenvalue weighted by atomic mass is 16.7. The van der Waals surface area contributed by atoms with E-state index in [9.17, 15) is 66.1 Å². The average molecular weight is 743 g/mol. The maximum Gasteiger partial charge on any atom is 0.239 e. The van der Waals surface area contributed by atoms with Crippen LogP contribution in [0.4, 0.5) is 0 Å². The summed E-state index contributed by atoms with van der Waals surface area (Å²) >= 11 is 0. The smallest absolute Gasteiger partial charge is 0.239 e. The van der Waals surface area contributed by atoms with Gasteiger partial charge in [0.15, 0.2) is 23.5 Å². The van der Waals surface area contributed by atoms with Crippen molar-refractivity contribution in [3.63, 3.8) is 0 Å². The zero-order valence-corrected chi connectivity index (χ0v) is 27.1. The summed E-state index contributed by atoms with van der Waals surface area (Å²) in [6.07, 6.45) is -20.0. The topological polar surface area (TPSA) is 328 Å². The summed E-state index contributed by atoms with van der Waals surface area (Å²) in [5.41, 5.74) is -3.61. The van der Waals surface area contributed by atoms with Gasteiger partial charge in [-0.05, 0) is 25.1 Å². The normalized spacial score (nSPS) is 36.6. The van der Waals surface area contributed by atoms with Crippen molar-refractivity contribution in [3.8, 4) is 40.1 Å². The van der Waals surface area contributed by atoms with E-state index in [0.717, 1.165) is 24.3 Å². The predicted molar refractivity (Wildman–Crippen MR) is 167 cm³/mol. The lowest BCUT2D eigenvalue weighted by Crippen LogP contribution is -2.61. The number of hydrogen-bond donors (Lipinski definition) is 12. The van der Waals surface area contributed by atoms with Gasteiger partial charge in [0.1, 0.15) is 76.9 Å². The molecule has 3 aliphatic heterocycles. The molecule has 0 unspecified atom stereocenters. The molecule has 3 aliphatic rings. The van der Waals surface area contributed by atoms with Gasteiger partial charge in [0.2, 0.25) is 23.8 Å². The molecule has 3 fully saturated rings. The largest absolute Gasteiger partial charge is 0.508 e. The zero-order chi connectivity index (χ0) is 37.8. The molecule has 3 saturated heterocycles. The molecule has 286 valence electrons. The quantitative estimate of drug-likeness (QED) is 0.101. The number of ether oxygens (including phenoxy) is 6. The third-order valence-corrected chi connectivity index (χ3v) is 9.10. The number of rotatable bonds is 9. The Morgan fingerprint density at radius 1 is 0.808 bits per heavy atom. The molecule has 6 rings (SSSR count). The summed E-state index contributed by atoms with van der Waals surface area (Å²) < 4.78 is 39.0. The van der Waals surface area contributed by atoms with Crippen LogP contribution in [-0.2, 0) is 18.9 Å². The number of aliphatic hydroxyl groups is 9. The van der Waals surface area contributed by atoms with E-state index in [0.29, 0.717) is 0 Å². The predicted octanol–water partition coefficient (Wildman–Crippen LogP) is -3.57. The van der Waals surface area contributed by atoms with Gasteiger partial charge in [0, 0.05) is 17.7 Å². The second-order valence-corrected chi connectivity index (χ2v) is 12.8.